The standard InChI is InChI=1S/C19H22N2OS/c1-20-19(22)18-11-15-5-3-4-6-16(15)13-21(18)12-14-7-9-17(23-2)10-8-14/h3-10,18H,11-13H2,1-2H3,(H,20,22)/t18-/m1/s1. The minimum absolute atomic E-state index is 0.0974. The molecule has 0 spiro atoms. The largest absolute Gasteiger partial charge is 0.358 e. The third-order valence-corrected chi connectivity index (χ3v) is 5.18. The lowest BCUT2D eigenvalue weighted by Gasteiger charge is -2.35. The summed E-state index contributed by atoms with van der Waals surface area (Å²) in [5.74, 6) is 0.0974. The van der Waals surface area contributed by atoms with Gasteiger partial charge in [0.05, 0.1) is 6.04 Å². The summed E-state index contributed by atoms with van der Waals surface area (Å²) in [6, 6.07) is 16.9. The number of fused-ring (bicyclic) bond motifs is 1. The second kappa shape index (κ2) is 7.20. The van der Waals surface area contributed by atoms with Crippen LogP contribution in [-0.2, 0) is 24.3 Å². The number of nitrogens with one attached hydrogen (secondary N) is 1. The topological polar surface area (TPSA) is 32.3 Å². The minimum Gasteiger partial charge on any atom is -0.358 e. The Morgan fingerprint density at radius 2 is 1.87 bits per heavy atom. The van der Waals surface area contributed by atoms with Gasteiger partial charge in [0, 0.05) is 25.0 Å². The fourth-order valence-corrected chi connectivity index (χ4v) is 3.54. The molecule has 3 rings (SSSR count). The van der Waals surface area contributed by atoms with E-state index in [1.54, 1.807) is 18.8 Å². The van der Waals surface area contributed by atoms with Crippen LogP contribution in [0.4, 0.5) is 0 Å². The van der Waals surface area contributed by atoms with Crippen molar-refractivity contribution in [1.82, 2.24) is 10.2 Å². The Morgan fingerprint density at radius 3 is 2.52 bits per heavy atom. The number of hydrogen-bond donors (Lipinski definition) is 1. The molecule has 0 saturated carbocycles. The summed E-state index contributed by atoms with van der Waals surface area (Å²) >= 11 is 1.75. The van der Waals surface area contributed by atoms with Crippen LogP contribution < -0.4 is 5.32 Å². The van der Waals surface area contributed by atoms with Crippen LogP contribution in [0.25, 0.3) is 0 Å². The number of carbonyl (C=O) groups is 1. The molecule has 0 saturated heterocycles. The van der Waals surface area contributed by atoms with Crippen LogP contribution >= 0.6 is 11.8 Å². The molecule has 2 aromatic rings. The van der Waals surface area contributed by atoms with E-state index in [1.807, 2.05) is 0 Å². The Bertz CT molecular complexity index is 684. The number of nitrogens with zero attached hydrogens (tertiary/aromatic N) is 1. The van der Waals surface area contributed by atoms with Crippen molar-refractivity contribution in [1.29, 1.82) is 0 Å². The third kappa shape index (κ3) is 3.59. The highest BCUT2D eigenvalue weighted by molar-refractivity contribution is 7.98. The summed E-state index contributed by atoms with van der Waals surface area (Å²) in [4.78, 5) is 15.9. The zero-order valence-electron chi connectivity index (χ0n) is 13.6. The van der Waals surface area contributed by atoms with E-state index in [0.29, 0.717) is 0 Å². The molecule has 3 nitrogen and oxygen atoms in total. The van der Waals surface area contributed by atoms with Gasteiger partial charge in [0.1, 0.15) is 0 Å². The number of hydrogen-bond acceptors (Lipinski definition) is 3. The van der Waals surface area contributed by atoms with Gasteiger partial charge in [0.2, 0.25) is 5.91 Å². The molecule has 1 aliphatic rings. The molecule has 0 radical (unpaired) electrons. The Hall–Kier alpha value is -1.78. The van der Waals surface area contributed by atoms with Gasteiger partial charge in [-0.1, -0.05) is 36.4 Å². The maximum atomic E-state index is 12.3. The minimum atomic E-state index is -0.102. The average molecular weight is 326 g/mol. The number of carbonyl (C=O) groups excluding carboxylic acids is 1. The number of amides is 1. The lowest BCUT2D eigenvalue weighted by atomic mass is 9.93. The molecule has 2 aromatic carbocycles. The van der Waals surface area contributed by atoms with Crippen LogP contribution in [0.5, 0.6) is 0 Å². The highest BCUT2D eigenvalue weighted by atomic mass is 32.2. The molecule has 1 atom stereocenters. The molecule has 120 valence electrons. The quantitative estimate of drug-likeness (QED) is 0.877. The zero-order valence-corrected chi connectivity index (χ0v) is 14.4. The first-order valence-electron chi connectivity index (χ1n) is 7.86. The van der Waals surface area contributed by atoms with Gasteiger partial charge in [-0.15, -0.1) is 11.8 Å². The molecule has 0 unspecified atom stereocenters. The van der Waals surface area contributed by atoms with Crippen LogP contribution in [-0.4, -0.2) is 30.2 Å². The van der Waals surface area contributed by atoms with Crippen molar-refractivity contribution < 1.29 is 4.79 Å². The van der Waals surface area contributed by atoms with Crippen molar-refractivity contribution in [2.24, 2.45) is 0 Å². The van der Waals surface area contributed by atoms with E-state index in [9.17, 15) is 4.79 Å². The second-order valence-corrected chi connectivity index (χ2v) is 6.74. The van der Waals surface area contributed by atoms with Gasteiger partial charge in [-0.25, -0.2) is 0 Å². The lowest BCUT2D eigenvalue weighted by Crippen LogP contribution is -2.49. The summed E-state index contributed by atoms with van der Waals surface area (Å²) in [5, 5.41) is 2.82. The Balaban J connectivity index is 1.83. The van der Waals surface area contributed by atoms with Crippen molar-refractivity contribution in [3.8, 4) is 0 Å². The lowest BCUT2D eigenvalue weighted by molar-refractivity contribution is -0.126. The van der Waals surface area contributed by atoms with Crippen molar-refractivity contribution in [3.63, 3.8) is 0 Å². The number of likely N-dealkylation sites (N-methyl/N-ethyl adjacent to an activating group) is 1. The SMILES string of the molecule is CNC(=O)[C@H]1Cc2ccccc2CN1Cc1ccc(SC)cc1. The third-order valence-electron chi connectivity index (χ3n) is 4.44. The number of benzene rings is 2. The van der Waals surface area contributed by atoms with Crippen LogP contribution in [0.1, 0.15) is 16.7 Å². The van der Waals surface area contributed by atoms with E-state index >= 15 is 0 Å². The van der Waals surface area contributed by atoms with Gasteiger partial charge >= 0.3 is 0 Å². The van der Waals surface area contributed by atoms with Gasteiger partial charge in [-0.2, -0.15) is 0 Å². The van der Waals surface area contributed by atoms with Gasteiger partial charge in [-0.3, -0.25) is 9.69 Å². The van der Waals surface area contributed by atoms with E-state index in [-0.39, 0.29) is 11.9 Å². The first-order valence-corrected chi connectivity index (χ1v) is 9.09. The highest BCUT2D eigenvalue weighted by Crippen LogP contribution is 2.25. The van der Waals surface area contributed by atoms with E-state index in [1.165, 1.54) is 21.6 Å². The molecule has 1 heterocycles. The maximum absolute atomic E-state index is 12.3. The smallest absolute Gasteiger partial charge is 0.237 e. The molecule has 0 fully saturated rings. The molecular weight excluding hydrogens is 304 g/mol. The molecular formula is C19H22N2OS. The molecule has 1 amide bonds. The van der Waals surface area contributed by atoms with Crippen LogP contribution in [0.3, 0.4) is 0 Å². The Labute approximate surface area is 142 Å². The van der Waals surface area contributed by atoms with Crippen molar-refractivity contribution >= 4 is 17.7 Å². The van der Waals surface area contributed by atoms with Gasteiger partial charge in [-0.05, 0) is 41.5 Å². The van der Waals surface area contributed by atoms with Crippen molar-refractivity contribution in [2.75, 3.05) is 13.3 Å². The second-order valence-electron chi connectivity index (χ2n) is 5.86. The van der Waals surface area contributed by atoms with Gasteiger partial charge in [0.25, 0.3) is 0 Å². The predicted molar refractivity (Wildman–Crippen MR) is 95.5 cm³/mol. The van der Waals surface area contributed by atoms with Crippen LogP contribution in [0.15, 0.2) is 53.4 Å². The number of rotatable bonds is 4. The summed E-state index contributed by atoms with van der Waals surface area (Å²) in [7, 11) is 1.72. The van der Waals surface area contributed by atoms with E-state index in [4.69, 9.17) is 0 Å². The zero-order chi connectivity index (χ0) is 16.2. The van der Waals surface area contributed by atoms with E-state index in [0.717, 1.165) is 19.5 Å². The Kier molecular flexibility index (Phi) is 5.03. The molecule has 1 N–H and O–H groups in total. The summed E-state index contributed by atoms with van der Waals surface area (Å²) in [5.41, 5.74) is 3.86. The average Bonchev–Trinajstić information content (AvgIpc) is 2.61. The van der Waals surface area contributed by atoms with E-state index < -0.39 is 0 Å². The number of thioether (sulfide) groups is 1. The molecule has 23 heavy (non-hydrogen) atoms. The molecule has 1 aliphatic heterocycles. The van der Waals surface area contributed by atoms with Gasteiger partial charge in [0.15, 0.2) is 0 Å². The first kappa shape index (κ1) is 16.1. The van der Waals surface area contributed by atoms with Crippen molar-refractivity contribution in [3.05, 3.63) is 65.2 Å². The van der Waals surface area contributed by atoms with Crippen LogP contribution in [0.2, 0.25) is 0 Å². The summed E-state index contributed by atoms with van der Waals surface area (Å²) in [6.45, 7) is 1.61. The predicted octanol–water partition coefficient (Wildman–Crippen LogP) is 3.08. The summed E-state index contributed by atoms with van der Waals surface area (Å²) < 4.78 is 0. The van der Waals surface area contributed by atoms with Gasteiger partial charge < -0.3 is 5.32 Å². The normalized spacial score (nSPS) is 17.6. The highest BCUT2D eigenvalue weighted by Gasteiger charge is 2.30. The fraction of sp³-hybridized carbons (Fsp3) is 0.316. The summed E-state index contributed by atoms with van der Waals surface area (Å²) in [6.07, 6.45) is 2.86. The first-order chi connectivity index (χ1) is 11.2. The van der Waals surface area contributed by atoms with Crippen LogP contribution in [0, 0.1) is 0 Å². The molecule has 0 aliphatic carbocycles. The Morgan fingerprint density at radius 1 is 1.17 bits per heavy atom. The molecule has 0 bridgehead atoms. The van der Waals surface area contributed by atoms with E-state index in [2.05, 4.69) is 65.0 Å². The monoisotopic (exact) mass is 326 g/mol. The molecule has 4 heteroatoms. The molecule has 0 aromatic heterocycles. The fourth-order valence-electron chi connectivity index (χ4n) is 3.13. The maximum Gasteiger partial charge on any atom is 0.237 e. The van der Waals surface area contributed by atoms with Crippen molar-refractivity contribution in [2.45, 2.75) is 30.4 Å².